The van der Waals surface area contributed by atoms with Crippen molar-refractivity contribution in [3.05, 3.63) is 11.6 Å². The lowest BCUT2D eigenvalue weighted by Crippen LogP contribution is -2.70. The Morgan fingerprint density at radius 1 is 0.419 bits per heavy atom. The van der Waals surface area contributed by atoms with Gasteiger partial charge in [0, 0.05) is 0 Å². The monoisotopic (exact) mass is 1790 g/mol. The number of aliphatic hydroxyl groups is 22. The summed E-state index contributed by atoms with van der Waals surface area (Å²) in [5.41, 5.74) is -4.15. The third-order valence-corrected chi connectivity index (χ3v) is 30.3. The number of esters is 1. The molecule has 14 rings (SSSR count). The Morgan fingerprint density at radius 2 is 0.879 bits per heavy atom. The van der Waals surface area contributed by atoms with Crippen molar-refractivity contribution in [3.8, 4) is 0 Å². The Labute approximate surface area is 712 Å². The molecule has 50 atom stereocenters. The van der Waals surface area contributed by atoms with E-state index in [9.17, 15) is 127 Å². The summed E-state index contributed by atoms with van der Waals surface area (Å²) in [6, 6.07) is 0. The summed E-state index contributed by atoms with van der Waals surface area (Å²) in [7, 11) is 0. The number of fused-ring (bicyclic) bond motifs is 7. The zero-order chi connectivity index (χ0) is 90.2. The summed E-state index contributed by atoms with van der Waals surface area (Å²) in [6.45, 7) is 10.5. The number of hydrogen-bond donors (Lipinski definition) is 23. The van der Waals surface area contributed by atoms with Crippen LogP contribution < -0.4 is 0 Å². The second-order valence-corrected chi connectivity index (χ2v) is 38.2. The lowest BCUT2D eigenvalue weighted by Gasteiger charge is -2.71. The Balaban J connectivity index is 0.762. The fraction of sp³-hybridized carbons (Fsp3) is 0.938. The number of aldehydes is 1. The van der Waals surface area contributed by atoms with Crippen LogP contribution in [-0.2, 0) is 99.6 Å². The number of carbonyl (C=O) groups excluding carboxylic acids is 2. The van der Waals surface area contributed by atoms with E-state index in [1.54, 1.807) is 6.92 Å². The summed E-state index contributed by atoms with van der Waals surface area (Å²) >= 11 is 0. The molecule has 14 aliphatic rings. The van der Waals surface area contributed by atoms with Crippen LogP contribution in [0.1, 0.15) is 120 Å². The maximum atomic E-state index is 15.8. The fourth-order valence-electron chi connectivity index (χ4n) is 22.4. The predicted octanol–water partition coefficient (Wildman–Crippen LogP) is -9.03. The van der Waals surface area contributed by atoms with Crippen LogP contribution in [0.2, 0.25) is 0 Å². The minimum atomic E-state index is -2.51. The van der Waals surface area contributed by atoms with Gasteiger partial charge in [-0.25, -0.2) is 4.79 Å². The Morgan fingerprint density at radius 3 is 1.48 bits per heavy atom. The number of aliphatic hydroxyl groups excluding tert-OH is 22. The van der Waals surface area contributed by atoms with Crippen molar-refractivity contribution in [1.29, 1.82) is 0 Å². The topological polar surface area (TPSA) is 683 Å². The average molecular weight is 1790 g/mol. The summed E-state index contributed by atoms with van der Waals surface area (Å²) in [5, 5.41) is 255. The van der Waals surface area contributed by atoms with E-state index in [-0.39, 0.29) is 30.6 Å². The van der Waals surface area contributed by atoms with Crippen molar-refractivity contribution in [2.45, 2.75) is 378 Å². The molecule has 0 aromatic carbocycles. The van der Waals surface area contributed by atoms with E-state index in [0.717, 1.165) is 11.9 Å². The van der Waals surface area contributed by atoms with Gasteiger partial charge in [-0.1, -0.05) is 53.2 Å². The van der Waals surface area contributed by atoms with Crippen LogP contribution in [-0.4, -0.2) is 433 Å². The molecule has 0 aromatic heterocycles. The normalized spacial score (nSPS) is 54.8. The number of carboxylic acid groups (broad SMARTS) is 1. The third-order valence-electron chi connectivity index (χ3n) is 30.3. The van der Waals surface area contributed by atoms with Crippen molar-refractivity contribution < 1.29 is 217 Å². The Kier molecular flexibility index (Phi) is 29.2. The van der Waals surface area contributed by atoms with Gasteiger partial charge in [-0.3, -0.25) is 4.79 Å². The third kappa shape index (κ3) is 17.3. The molecule has 4 saturated carbocycles. The quantitative estimate of drug-likeness (QED) is 0.0207. The summed E-state index contributed by atoms with van der Waals surface area (Å²) in [4.78, 5) is 44.8. The first-order chi connectivity index (χ1) is 58.3. The minimum absolute atomic E-state index is 0.0162. The van der Waals surface area contributed by atoms with Crippen LogP contribution in [0, 0.1) is 50.2 Å². The molecule has 44 heteroatoms. The van der Waals surface area contributed by atoms with E-state index in [4.69, 9.17) is 85.3 Å². The van der Waals surface area contributed by atoms with Gasteiger partial charge >= 0.3 is 11.9 Å². The van der Waals surface area contributed by atoms with Crippen molar-refractivity contribution in [1.82, 2.24) is 0 Å². The van der Waals surface area contributed by atoms with Gasteiger partial charge in [0.05, 0.1) is 68.8 Å². The first-order valence-electron chi connectivity index (χ1n) is 42.8. The van der Waals surface area contributed by atoms with E-state index >= 15 is 4.79 Å². The summed E-state index contributed by atoms with van der Waals surface area (Å²) in [6.07, 6.45) is -74.1. The van der Waals surface area contributed by atoms with E-state index in [0.29, 0.717) is 44.9 Å². The molecule has 23 N–H and O–H groups in total. The van der Waals surface area contributed by atoms with E-state index < -0.39 is 349 Å². The molecular weight excluding hydrogens is 1660 g/mol. The van der Waals surface area contributed by atoms with E-state index in [1.165, 1.54) is 13.8 Å². The maximum Gasteiger partial charge on any atom is 0.335 e. The fourth-order valence-corrected chi connectivity index (χ4v) is 22.4. The number of aliphatic carboxylic acids is 1. The number of carbonyl (C=O) groups is 3. The first-order valence-corrected chi connectivity index (χ1v) is 42.8. The van der Waals surface area contributed by atoms with E-state index in [2.05, 4.69) is 40.7 Å². The van der Waals surface area contributed by atoms with Crippen LogP contribution in [0.25, 0.3) is 0 Å². The second kappa shape index (κ2) is 37.3. The predicted molar refractivity (Wildman–Crippen MR) is 400 cm³/mol. The Hall–Kier alpha value is -3.21. The molecule has 0 amide bonds. The van der Waals surface area contributed by atoms with Gasteiger partial charge in [-0.05, 0) is 117 Å². The smallest absolute Gasteiger partial charge is 0.335 e. The van der Waals surface area contributed by atoms with Gasteiger partial charge in [-0.15, -0.1) is 0 Å². The highest BCUT2D eigenvalue weighted by atomic mass is 16.8. The van der Waals surface area contributed by atoms with Gasteiger partial charge in [0.2, 0.25) is 6.29 Å². The maximum absolute atomic E-state index is 15.8. The number of allylic oxidation sites excluding steroid dienone is 2. The van der Waals surface area contributed by atoms with Gasteiger partial charge in [-0.2, -0.15) is 0 Å². The lowest BCUT2D eigenvalue weighted by atomic mass is 9.33. The first kappa shape index (κ1) is 96.8. The number of hydrogen-bond acceptors (Lipinski definition) is 43. The van der Waals surface area contributed by atoms with Crippen molar-refractivity contribution >= 4 is 18.2 Å². The largest absolute Gasteiger partial charge is 0.479 e. The average Bonchev–Trinajstić information content (AvgIpc) is 0.672. The molecule has 13 fully saturated rings. The number of rotatable bonds is 22. The minimum Gasteiger partial charge on any atom is -0.479 e. The molecule has 0 radical (unpaired) electrons. The molecular formula is C80H126O44. The summed E-state index contributed by atoms with van der Waals surface area (Å²) in [5.74, 6) is -3.89. The van der Waals surface area contributed by atoms with Crippen LogP contribution in [0.15, 0.2) is 11.6 Å². The zero-order valence-electron chi connectivity index (χ0n) is 69.8. The van der Waals surface area contributed by atoms with Crippen LogP contribution >= 0.6 is 0 Å². The molecule has 9 heterocycles. The highest BCUT2D eigenvalue weighted by molar-refractivity contribution is 5.79. The molecule has 9 aliphatic heterocycles. The van der Waals surface area contributed by atoms with Gasteiger partial charge in [0.15, 0.2) is 62.5 Å². The van der Waals surface area contributed by atoms with Gasteiger partial charge < -0.3 is 208 Å². The van der Waals surface area contributed by atoms with E-state index in [1.807, 2.05) is 0 Å². The van der Waals surface area contributed by atoms with Crippen LogP contribution in [0.3, 0.4) is 0 Å². The van der Waals surface area contributed by atoms with Crippen molar-refractivity contribution in [3.63, 3.8) is 0 Å². The molecule has 0 spiro atoms. The zero-order valence-corrected chi connectivity index (χ0v) is 69.8. The SMILES string of the molecule is C[C@H]1O[C@@H](OC(=O)[C@]23CCC(C)(C)C[C@H]2C2=CC[C@@H]4[C@]5(C)CC[C@@H](O[C@H]6O[C@@H](C(=O)O)[C@H](O[C@@H]7O[C@H](CO)[C@H](O)[C@@H](O)[C@@H]7O)[C@@H](O[C@H]7O[C@@H](CO)[C@@H](O)[C@@H](O)[C@H]7O[C@H]7OC[C@@H](O)[C@@H](O)[C@H]7O[C@H]7OC[C@@H](O)[C@@H](O)[C@H]7O)[C@@H]6O[C@@H]6OC[C@H](O)[C@H](O)[C@H]6O)[C@@](C)(C=O)[C@H]5CC[C@@]4(C)[C@@]2(C)CC3)[C@H](O[C@H]2OC[C@H](O[C@H]3O[C@H](C)[C@@H](O)[C@H](O)[C@@H]3O)[C@H](O)[C@@H]2O)[C@@H](O)[C@H]1O. The molecule has 710 valence electrons. The number of carboxylic acids is 1. The molecule has 0 unspecified atom stereocenters. The molecule has 0 aromatic rings. The molecule has 9 saturated heterocycles. The molecule has 5 aliphatic carbocycles. The van der Waals surface area contributed by atoms with Crippen molar-refractivity contribution in [2.24, 2.45) is 50.2 Å². The summed E-state index contributed by atoms with van der Waals surface area (Å²) < 4.78 is 110. The molecule has 124 heavy (non-hydrogen) atoms. The van der Waals surface area contributed by atoms with Gasteiger partial charge in [0.1, 0.15) is 177 Å². The highest BCUT2D eigenvalue weighted by Gasteiger charge is 2.72. The van der Waals surface area contributed by atoms with Crippen LogP contribution in [0.4, 0.5) is 0 Å². The number of ether oxygens (including phenoxy) is 18. The van der Waals surface area contributed by atoms with Crippen LogP contribution in [0.5, 0.6) is 0 Å². The Bertz CT molecular complexity index is 3670. The molecule has 44 nitrogen and oxygen atoms in total. The van der Waals surface area contributed by atoms with Crippen molar-refractivity contribution in [2.75, 3.05) is 39.6 Å². The standard InChI is InChI=1S/C80H126O44/c1-27-40(87)48(95)55(102)68(111-27)115-36-25-110-67(54(101)47(36)94)118-58-50(97)41(88)28(2)112-71(58)124-74(106)80-17-15-75(3,4)19-30(80)29-9-10-38-76(5)13-12-39(77(6,26-83)37(76)11-14-79(38,8)78(29,7)16-18-80)116-73-63(123-66-53(100)43(90)32(85)23-108-66)61(60(62(122-73)64(104)105)120-69-56(103)49(96)45(92)34(20-81)113-69)121-72-59(51(98)46(93)35(21-82)114-72)119-70-57(44(91)33(86)24-109-70)117-65-52(99)42(89)31(84)22-107-65/h9,26-28,30-63,65-73,81-82,84-103H,10-25H2,1-8H3,(H,104,105)/t27-,28-,30+,31-,32+,33-,34-,35+,36+,37+,38-,39-,40-,41+,42-,43+,44-,45+,46-,47+,48+,49-,50+,51-,52-,53-,54+,55+,56+,57-,58-,59-,60-,61-,62-,63+,65-,66+,67-,68-,69+,70-,71+,72-,73+,76-,77+,78+,79-,80+/m1/s1. The van der Waals surface area contributed by atoms with Gasteiger partial charge in [0.25, 0.3) is 0 Å². The second-order valence-electron chi connectivity index (χ2n) is 38.2. The molecule has 0 bridgehead atoms. The lowest BCUT2D eigenvalue weighted by molar-refractivity contribution is -0.416. The highest BCUT2D eigenvalue weighted by Crippen LogP contribution is 2.76.